The van der Waals surface area contributed by atoms with Crippen molar-refractivity contribution < 1.29 is 9.47 Å². The molecule has 0 radical (unpaired) electrons. The number of nitrogens with two attached hydrogens (primary N) is 1. The highest BCUT2D eigenvalue weighted by Gasteiger charge is 2.19. The maximum absolute atomic E-state index is 5.65. The van der Waals surface area contributed by atoms with Gasteiger partial charge in [-0.05, 0) is 26.2 Å². The number of methoxy groups -OCH3 is 1. The number of nitrogens with zero attached hydrogens (tertiary/aromatic N) is 1. The van der Waals surface area contributed by atoms with Gasteiger partial charge >= 0.3 is 0 Å². The van der Waals surface area contributed by atoms with Crippen LogP contribution in [0.3, 0.4) is 0 Å². The molecule has 16 heavy (non-hydrogen) atoms. The minimum atomic E-state index is 0.227. The average Bonchev–Trinajstić information content (AvgIpc) is 2.35. The van der Waals surface area contributed by atoms with Gasteiger partial charge in [0.15, 0.2) is 0 Å². The van der Waals surface area contributed by atoms with Crippen molar-refractivity contribution in [2.24, 2.45) is 5.73 Å². The molecule has 0 aromatic carbocycles. The summed E-state index contributed by atoms with van der Waals surface area (Å²) in [7, 11) is 1.81. The Hall–Kier alpha value is -0.160. The van der Waals surface area contributed by atoms with Crippen molar-refractivity contribution in [1.29, 1.82) is 0 Å². The molecule has 1 fully saturated rings. The summed E-state index contributed by atoms with van der Waals surface area (Å²) in [4.78, 5) is 2.48. The van der Waals surface area contributed by atoms with Crippen LogP contribution in [-0.4, -0.2) is 57.0 Å². The molecule has 4 nitrogen and oxygen atoms in total. The molecule has 0 aromatic rings. The van der Waals surface area contributed by atoms with E-state index in [1.807, 2.05) is 6.92 Å². The van der Waals surface area contributed by atoms with E-state index in [0.29, 0.717) is 12.6 Å². The Morgan fingerprint density at radius 2 is 2.06 bits per heavy atom. The minimum absolute atomic E-state index is 0.227. The van der Waals surface area contributed by atoms with Gasteiger partial charge < -0.3 is 20.1 Å². The quantitative estimate of drug-likeness (QED) is 0.704. The molecule has 96 valence electrons. The summed E-state index contributed by atoms with van der Waals surface area (Å²) >= 11 is 0. The first kappa shape index (κ1) is 13.9. The number of rotatable bonds is 7. The van der Waals surface area contributed by atoms with Crippen LogP contribution in [0.15, 0.2) is 0 Å². The predicted molar refractivity (Wildman–Crippen MR) is 65.6 cm³/mol. The first-order valence-electron chi connectivity index (χ1n) is 6.37. The van der Waals surface area contributed by atoms with E-state index in [9.17, 15) is 0 Å². The Balaban J connectivity index is 2.13. The number of hydrogen-bond acceptors (Lipinski definition) is 4. The van der Waals surface area contributed by atoms with E-state index in [0.717, 1.165) is 45.5 Å². The van der Waals surface area contributed by atoms with Crippen LogP contribution in [0.1, 0.15) is 26.2 Å². The lowest BCUT2D eigenvalue weighted by Crippen LogP contribution is -2.39. The Labute approximate surface area is 99.1 Å². The molecule has 1 aliphatic rings. The molecule has 1 saturated heterocycles. The van der Waals surface area contributed by atoms with Crippen LogP contribution in [0.2, 0.25) is 0 Å². The fraction of sp³-hybridized carbons (Fsp3) is 1.00. The van der Waals surface area contributed by atoms with Crippen molar-refractivity contribution in [3.63, 3.8) is 0 Å². The standard InChI is InChI=1S/C12H26N2O2/c1-3-16-12(10-13)6-9-14-7-4-11(15-2)5-8-14/h11-12H,3-10,13H2,1-2H3. The van der Waals surface area contributed by atoms with Gasteiger partial charge in [-0.2, -0.15) is 0 Å². The fourth-order valence-corrected chi connectivity index (χ4v) is 2.20. The van der Waals surface area contributed by atoms with E-state index in [-0.39, 0.29) is 6.10 Å². The lowest BCUT2D eigenvalue weighted by Gasteiger charge is -2.31. The van der Waals surface area contributed by atoms with Crippen LogP contribution in [0.5, 0.6) is 0 Å². The van der Waals surface area contributed by atoms with Gasteiger partial charge in [-0.3, -0.25) is 0 Å². The second kappa shape index (κ2) is 8.01. The third kappa shape index (κ3) is 4.78. The second-order valence-electron chi connectivity index (χ2n) is 4.38. The zero-order valence-corrected chi connectivity index (χ0v) is 10.7. The molecule has 0 bridgehead atoms. The molecule has 1 atom stereocenters. The number of piperidine rings is 1. The molecular weight excluding hydrogens is 204 g/mol. The maximum Gasteiger partial charge on any atom is 0.0709 e. The first-order valence-corrected chi connectivity index (χ1v) is 6.37. The van der Waals surface area contributed by atoms with Gasteiger partial charge in [-0.25, -0.2) is 0 Å². The molecule has 4 heteroatoms. The third-order valence-electron chi connectivity index (χ3n) is 3.30. The fourth-order valence-electron chi connectivity index (χ4n) is 2.20. The number of ether oxygens (including phenoxy) is 2. The van der Waals surface area contributed by atoms with Crippen molar-refractivity contribution in [3.05, 3.63) is 0 Å². The molecule has 0 aromatic heterocycles. The highest BCUT2D eigenvalue weighted by atomic mass is 16.5. The summed E-state index contributed by atoms with van der Waals surface area (Å²) in [5.41, 5.74) is 5.65. The molecule has 1 unspecified atom stereocenters. The first-order chi connectivity index (χ1) is 7.80. The Morgan fingerprint density at radius 3 is 2.56 bits per heavy atom. The van der Waals surface area contributed by atoms with Crippen LogP contribution in [-0.2, 0) is 9.47 Å². The van der Waals surface area contributed by atoms with Gasteiger partial charge in [0.1, 0.15) is 0 Å². The lowest BCUT2D eigenvalue weighted by molar-refractivity contribution is 0.0258. The minimum Gasteiger partial charge on any atom is -0.381 e. The summed E-state index contributed by atoms with van der Waals surface area (Å²) in [6.45, 7) is 6.78. The van der Waals surface area contributed by atoms with Crippen molar-refractivity contribution in [2.75, 3.05) is 39.9 Å². The lowest BCUT2D eigenvalue weighted by atomic mass is 10.1. The van der Waals surface area contributed by atoms with Crippen molar-refractivity contribution >= 4 is 0 Å². The van der Waals surface area contributed by atoms with Crippen molar-refractivity contribution in [2.45, 2.75) is 38.4 Å². The predicted octanol–water partition coefficient (Wildman–Crippen LogP) is 0.851. The van der Waals surface area contributed by atoms with Gasteiger partial charge in [0.05, 0.1) is 12.2 Å². The van der Waals surface area contributed by atoms with Gasteiger partial charge in [-0.1, -0.05) is 0 Å². The molecule has 0 aliphatic carbocycles. The molecule has 0 spiro atoms. The SMILES string of the molecule is CCOC(CN)CCN1CCC(OC)CC1. The second-order valence-corrected chi connectivity index (χ2v) is 4.38. The van der Waals surface area contributed by atoms with Gasteiger partial charge in [0.2, 0.25) is 0 Å². The number of hydrogen-bond donors (Lipinski definition) is 1. The van der Waals surface area contributed by atoms with E-state index < -0.39 is 0 Å². The largest absolute Gasteiger partial charge is 0.381 e. The summed E-state index contributed by atoms with van der Waals surface area (Å²) in [5.74, 6) is 0. The number of likely N-dealkylation sites (tertiary alicyclic amines) is 1. The van der Waals surface area contributed by atoms with E-state index in [4.69, 9.17) is 15.2 Å². The third-order valence-corrected chi connectivity index (χ3v) is 3.30. The summed E-state index contributed by atoms with van der Waals surface area (Å²) in [5, 5.41) is 0. The van der Waals surface area contributed by atoms with Crippen LogP contribution in [0.4, 0.5) is 0 Å². The van der Waals surface area contributed by atoms with E-state index in [1.165, 1.54) is 0 Å². The molecule has 0 saturated carbocycles. The van der Waals surface area contributed by atoms with E-state index in [1.54, 1.807) is 7.11 Å². The monoisotopic (exact) mass is 230 g/mol. The van der Waals surface area contributed by atoms with Gasteiger partial charge in [0.25, 0.3) is 0 Å². The molecule has 2 N–H and O–H groups in total. The van der Waals surface area contributed by atoms with Crippen LogP contribution < -0.4 is 5.73 Å². The highest BCUT2D eigenvalue weighted by Crippen LogP contribution is 2.13. The zero-order valence-electron chi connectivity index (χ0n) is 10.7. The Kier molecular flexibility index (Phi) is 6.96. The van der Waals surface area contributed by atoms with Gasteiger partial charge in [-0.15, -0.1) is 0 Å². The average molecular weight is 230 g/mol. The van der Waals surface area contributed by atoms with Crippen LogP contribution >= 0.6 is 0 Å². The summed E-state index contributed by atoms with van der Waals surface area (Å²) in [6, 6.07) is 0. The van der Waals surface area contributed by atoms with Crippen LogP contribution in [0.25, 0.3) is 0 Å². The molecule has 0 amide bonds. The maximum atomic E-state index is 5.65. The van der Waals surface area contributed by atoms with Crippen molar-refractivity contribution in [3.8, 4) is 0 Å². The summed E-state index contributed by atoms with van der Waals surface area (Å²) in [6.07, 6.45) is 4.04. The van der Waals surface area contributed by atoms with Crippen LogP contribution in [0, 0.1) is 0 Å². The van der Waals surface area contributed by atoms with E-state index >= 15 is 0 Å². The molecule has 1 heterocycles. The Morgan fingerprint density at radius 1 is 1.38 bits per heavy atom. The van der Waals surface area contributed by atoms with E-state index in [2.05, 4.69) is 4.90 Å². The van der Waals surface area contributed by atoms with Gasteiger partial charge in [0, 0.05) is 39.9 Å². The molecular formula is C12H26N2O2. The zero-order chi connectivity index (χ0) is 11.8. The smallest absolute Gasteiger partial charge is 0.0709 e. The molecule has 1 rings (SSSR count). The summed E-state index contributed by atoms with van der Waals surface area (Å²) < 4.78 is 10.9. The highest BCUT2D eigenvalue weighted by molar-refractivity contribution is 4.73. The molecule has 1 aliphatic heterocycles. The normalized spacial score (nSPS) is 21.2. The van der Waals surface area contributed by atoms with Crippen molar-refractivity contribution in [1.82, 2.24) is 4.90 Å². The Bertz CT molecular complexity index is 170. The topological polar surface area (TPSA) is 47.7 Å².